The quantitative estimate of drug-likeness (QED) is 0.304. The van der Waals surface area contributed by atoms with E-state index < -0.39 is 27.2 Å². The molecule has 1 unspecified atom stereocenters. The van der Waals surface area contributed by atoms with Crippen LogP contribution in [0, 0.1) is 0 Å². The average molecular weight is 496 g/mol. The Hall–Kier alpha value is -3.54. The molecular weight excluding hydrogens is 466 g/mol. The van der Waals surface area contributed by atoms with Gasteiger partial charge in [0.1, 0.15) is 5.75 Å². The lowest BCUT2D eigenvalue weighted by Crippen LogP contribution is -2.53. The van der Waals surface area contributed by atoms with Crippen LogP contribution in [0.3, 0.4) is 0 Å². The number of benzene rings is 4. The Morgan fingerprint density at radius 3 is 1.56 bits per heavy atom. The van der Waals surface area contributed by atoms with Crippen molar-refractivity contribution in [3.05, 3.63) is 138 Å². The second-order valence-corrected chi connectivity index (χ2v) is 11.2. The van der Waals surface area contributed by atoms with Gasteiger partial charge in [-0.2, -0.15) is 0 Å². The van der Waals surface area contributed by atoms with Crippen LogP contribution in [0.2, 0.25) is 0 Å². The third-order valence-electron chi connectivity index (χ3n) is 7.06. The van der Waals surface area contributed by atoms with Crippen molar-refractivity contribution in [1.29, 1.82) is 0 Å². The van der Waals surface area contributed by atoms with Gasteiger partial charge in [-0.25, -0.2) is 8.42 Å². The normalized spacial score (nSPS) is 16.6. The summed E-state index contributed by atoms with van der Waals surface area (Å²) in [5.74, 6) is -0.768. The summed E-state index contributed by atoms with van der Waals surface area (Å²) in [7, 11) is -3.74. The molecule has 1 atom stereocenters. The first-order chi connectivity index (χ1) is 17.5. The molecule has 1 aliphatic rings. The maximum Gasteiger partial charge on any atom is 0.185 e. The van der Waals surface area contributed by atoms with Crippen molar-refractivity contribution in [3.8, 4) is 0 Å². The Labute approximate surface area is 213 Å². The number of hydrogen-bond donors (Lipinski definition) is 0. The molecule has 0 saturated carbocycles. The highest BCUT2D eigenvalue weighted by atomic mass is 32.2. The molecule has 0 aromatic heterocycles. The standard InChI is InChI=1S/C31H29NO3S/c33-30(24-36(34,35)28-20-11-4-12-21-28)29-22-13-23-32(29)31(25-14-5-1-6-15-25,26-16-7-2-8-17-26)27-18-9-3-10-19-27/h1-12,14-21,29H,13,22-24H2. The van der Waals surface area contributed by atoms with Gasteiger partial charge >= 0.3 is 0 Å². The number of ketones is 1. The molecule has 36 heavy (non-hydrogen) atoms. The van der Waals surface area contributed by atoms with E-state index >= 15 is 0 Å². The smallest absolute Gasteiger partial charge is 0.185 e. The fraction of sp³-hybridized carbons (Fsp3) is 0.194. The Balaban J connectivity index is 1.64. The second-order valence-electron chi connectivity index (χ2n) is 9.20. The zero-order chi connectivity index (χ0) is 25.0. The van der Waals surface area contributed by atoms with Gasteiger partial charge in [-0.15, -0.1) is 0 Å². The van der Waals surface area contributed by atoms with Crippen molar-refractivity contribution < 1.29 is 13.2 Å². The minimum atomic E-state index is -3.74. The third-order valence-corrected chi connectivity index (χ3v) is 8.72. The number of sulfone groups is 1. The molecule has 1 aliphatic heterocycles. The average Bonchev–Trinajstić information content (AvgIpc) is 3.42. The van der Waals surface area contributed by atoms with Gasteiger partial charge in [0.25, 0.3) is 0 Å². The zero-order valence-electron chi connectivity index (χ0n) is 20.0. The summed E-state index contributed by atoms with van der Waals surface area (Å²) in [6, 6.07) is 38.4. The predicted molar refractivity (Wildman–Crippen MR) is 142 cm³/mol. The van der Waals surface area contributed by atoms with E-state index in [1.807, 2.05) is 54.6 Å². The molecule has 0 amide bonds. The van der Waals surface area contributed by atoms with Crippen LogP contribution in [0.5, 0.6) is 0 Å². The van der Waals surface area contributed by atoms with E-state index in [4.69, 9.17) is 0 Å². The number of carbonyl (C=O) groups is 1. The summed E-state index contributed by atoms with van der Waals surface area (Å²) in [5, 5.41) is 0. The molecule has 5 heteroatoms. The van der Waals surface area contributed by atoms with E-state index in [9.17, 15) is 13.2 Å². The summed E-state index contributed by atoms with van der Waals surface area (Å²) in [6.45, 7) is 0.681. The SMILES string of the molecule is O=C(CS(=O)(=O)c1ccccc1)C1CCCN1C(c1ccccc1)(c1ccccc1)c1ccccc1. The first-order valence-electron chi connectivity index (χ1n) is 12.3. The van der Waals surface area contributed by atoms with Gasteiger partial charge < -0.3 is 0 Å². The summed E-state index contributed by atoms with van der Waals surface area (Å²) >= 11 is 0. The van der Waals surface area contributed by atoms with Gasteiger partial charge in [-0.1, -0.05) is 109 Å². The predicted octanol–water partition coefficient (Wildman–Crippen LogP) is 5.49. The first kappa shape index (κ1) is 24.2. The lowest BCUT2D eigenvalue weighted by atomic mass is 9.75. The number of carbonyl (C=O) groups excluding carboxylic acids is 1. The van der Waals surface area contributed by atoms with Gasteiger partial charge in [-0.05, 0) is 41.7 Å². The largest absolute Gasteiger partial charge is 0.297 e. The van der Waals surface area contributed by atoms with Crippen LogP contribution in [0.15, 0.2) is 126 Å². The van der Waals surface area contributed by atoms with Crippen LogP contribution in [-0.4, -0.2) is 37.4 Å². The fourth-order valence-corrected chi connectivity index (χ4v) is 6.84. The molecule has 0 aliphatic carbocycles. The second kappa shape index (κ2) is 10.2. The molecule has 0 spiro atoms. The highest BCUT2D eigenvalue weighted by molar-refractivity contribution is 7.92. The summed E-state index contributed by atoms with van der Waals surface area (Å²) < 4.78 is 26.3. The Morgan fingerprint density at radius 1 is 0.694 bits per heavy atom. The van der Waals surface area contributed by atoms with Crippen LogP contribution in [0.25, 0.3) is 0 Å². The molecule has 4 aromatic rings. The molecule has 1 fully saturated rings. The van der Waals surface area contributed by atoms with Crippen molar-refractivity contribution in [2.24, 2.45) is 0 Å². The van der Waals surface area contributed by atoms with Gasteiger partial charge in [0.2, 0.25) is 0 Å². The Kier molecular flexibility index (Phi) is 6.86. The molecule has 0 radical (unpaired) electrons. The maximum absolute atomic E-state index is 13.8. The molecule has 0 bridgehead atoms. The number of rotatable bonds is 8. The first-order valence-corrected chi connectivity index (χ1v) is 13.9. The van der Waals surface area contributed by atoms with Crippen molar-refractivity contribution in [2.75, 3.05) is 12.3 Å². The van der Waals surface area contributed by atoms with E-state index in [0.717, 1.165) is 23.1 Å². The fourth-order valence-electron chi connectivity index (χ4n) is 5.53. The van der Waals surface area contributed by atoms with E-state index in [1.165, 1.54) is 0 Å². The Bertz CT molecular complexity index is 1310. The molecule has 5 rings (SSSR count). The number of Topliss-reactive ketones (excluding diaryl/α,β-unsaturated/α-hetero) is 1. The lowest BCUT2D eigenvalue weighted by Gasteiger charge is -2.46. The van der Waals surface area contributed by atoms with Crippen LogP contribution < -0.4 is 0 Å². The zero-order valence-corrected chi connectivity index (χ0v) is 20.8. The summed E-state index contributed by atoms with van der Waals surface area (Å²) in [6.07, 6.45) is 1.44. The van der Waals surface area contributed by atoms with Crippen molar-refractivity contribution in [2.45, 2.75) is 29.3 Å². The molecule has 4 nitrogen and oxygen atoms in total. The minimum absolute atomic E-state index is 0.184. The summed E-state index contributed by atoms with van der Waals surface area (Å²) in [4.78, 5) is 16.2. The van der Waals surface area contributed by atoms with E-state index in [1.54, 1.807) is 30.3 Å². The van der Waals surface area contributed by atoms with Crippen LogP contribution >= 0.6 is 0 Å². The van der Waals surface area contributed by atoms with E-state index in [0.29, 0.717) is 13.0 Å². The Morgan fingerprint density at radius 2 is 1.11 bits per heavy atom. The number of hydrogen-bond acceptors (Lipinski definition) is 4. The number of likely N-dealkylation sites (tertiary alicyclic amines) is 1. The highest BCUT2D eigenvalue weighted by Gasteiger charge is 2.49. The monoisotopic (exact) mass is 495 g/mol. The van der Waals surface area contributed by atoms with Crippen LogP contribution in [0.4, 0.5) is 0 Å². The van der Waals surface area contributed by atoms with Crippen molar-refractivity contribution in [1.82, 2.24) is 4.90 Å². The molecule has 182 valence electrons. The molecule has 1 saturated heterocycles. The van der Waals surface area contributed by atoms with Gasteiger partial charge in [0.15, 0.2) is 15.6 Å². The topological polar surface area (TPSA) is 54.5 Å². The summed E-state index contributed by atoms with van der Waals surface area (Å²) in [5.41, 5.74) is 2.41. The van der Waals surface area contributed by atoms with Crippen molar-refractivity contribution in [3.63, 3.8) is 0 Å². The van der Waals surface area contributed by atoms with E-state index in [2.05, 4.69) is 41.3 Å². The minimum Gasteiger partial charge on any atom is -0.297 e. The van der Waals surface area contributed by atoms with Crippen molar-refractivity contribution >= 4 is 15.6 Å². The lowest BCUT2D eigenvalue weighted by molar-refractivity contribution is -0.122. The molecule has 4 aromatic carbocycles. The molecule has 1 heterocycles. The third kappa shape index (κ3) is 4.41. The maximum atomic E-state index is 13.8. The van der Waals surface area contributed by atoms with Crippen LogP contribution in [-0.2, 0) is 20.2 Å². The number of nitrogens with zero attached hydrogens (tertiary/aromatic N) is 1. The highest BCUT2D eigenvalue weighted by Crippen LogP contribution is 2.46. The van der Waals surface area contributed by atoms with Gasteiger partial charge in [0, 0.05) is 6.54 Å². The van der Waals surface area contributed by atoms with Gasteiger partial charge in [-0.3, -0.25) is 9.69 Å². The van der Waals surface area contributed by atoms with Gasteiger partial charge in [0.05, 0.1) is 16.5 Å². The van der Waals surface area contributed by atoms with Crippen LogP contribution in [0.1, 0.15) is 29.5 Å². The molecule has 0 N–H and O–H groups in total. The van der Waals surface area contributed by atoms with E-state index in [-0.39, 0.29) is 10.7 Å². The molecular formula is C31H29NO3S.